The number of nitrogens with zero attached hydrogens (tertiary/aromatic N) is 1. The minimum atomic E-state index is -0.536. The predicted molar refractivity (Wildman–Crippen MR) is 133 cm³/mol. The fourth-order valence-corrected chi connectivity index (χ4v) is 4.94. The molecule has 0 spiro atoms. The number of ether oxygens (including phenoxy) is 1. The van der Waals surface area contributed by atoms with Gasteiger partial charge in [-0.15, -0.1) is 0 Å². The fourth-order valence-electron chi connectivity index (χ4n) is 4.94. The summed E-state index contributed by atoms with van der Waals surface area (Å²) in [6.45, 7) is 4.30. The molecule has 2 aliphatic rings. The van der Waals surface area contributed by atoms with Gasteiger partial charge in [0.05, 0.1) is 19.1 Å². The molecule has 3 aromatic rings. The van der Waals surface area contributed by atoms with E-state index >= 15 is 0 Å². The topological polar surface area (TPSA) is 58.6 Å². The fraction of sp³-hybridized carbons (Fsp3) is 0.310. The second-order valence-electron chi connectivity index (χ2n) is 9.50. The molecule has 0 radical (unpaired) electrons. The molecule has 5 heteroatoms. The molecule has 5 nitrogen and oxygen atoms in total. The van der Waals surface area contributed by atoms with Crippen molar-refractivity contribution in [2.24, 2.45) is 0 Å². The van der Waals surface area contributed by atoms with Crippen molar-refractivity contribution in [2.45, 2.75) is 50.6 Å². The highest BCUT2D eigenvalue weighted by Crippen LogP contribution is 2.48. The number of amides is 2. The predicted octanol–water partition coefficient (Wildman–Crippen LogP) is 5.90. The molecule has 0 bridgehead atoms. The Morgan fingerprint density at radius 3 is 2.41 bits per heavy atom. The monoisotopic (exact) mass is 454 g/mol. The average Bonchev–Trinajstić information content (AvgIpc) is 3.69. The molecule has 2 atom stereocenters. The van der Waals surface area contributed by atoms with Gasteiger partial charge < -0.3 is 15.0 Å². The van der Waals surface area contributed by atoms with Gasteiger partial charge >= 0.3 is 0 Å². The zero-order chi connectivity index (χ0) is 23.8. The number of anilines is 1. The number of nitrogens with one attached hydrogen (secondary N) is 1. The molecule has 2 amide bonds. The van der Waals surface area contributed by atoms with Crippen LogP contribution in [-0.2, 0) is 4.79 Å². The summed E-state index contributed by atoms with van der Waals surface area (Å²) in [7, 11) is 1.63. The van der Waals surface area contributed by atoms with Crippen molar-refractivity contribution >= 4 is 17.5 Å². The zero-order valence-electron chi connectivity index (χ0n) is 19.8. The van der Waals surface area contributed by atoms with Crippen molar-refractivity contribution in [2.75, 3.05) is 12.4 Å². The van der Waals surface area contributed by atoms with Crippen molar-refractivity contribution in [1.82, 2.24) is 4.90 Å². The van der Waals surface area contributed by atoms with Crippen molar-refractivity contribution < 1.29 is 14.3 Å². The van der Waals surface area contributed by atoms with E-state index in [-0.39, 0.29) is 17.9 Å². The van der Waals surface area contributed by atoms with Crippen LogP contribution < -0.4 is 10.1 Å². The molecule has 0 saturated heterocycles. The van der Waals surface area contributed by atoms with Crippen LogP contribution in [-0.4, -0.2) is 29.9 Å². The Labute approximate surface area is 200 Å². The molecule has 1 N–H and O–H groups in total. The Bertz CT molecular complexity index is 1210. The minimum absolute atomic E-state index is 0.00347. The second-order valence-corrected chi connectivity index (χ2v) is 9.50. The standard InChI is InChI=1S/C29H30N2O3/c1-18(2)19-11-13-21(14-12-19)30-28(32)26-24-9-4-5-10-25(24)29(33)31(22-15-16-22)27(26)20-7-6-8-23(17-20)34-3/h4-14,17-18,22,26-27H,15-16H2,1-3H3,(H,30,32). The first-order valence-electron chi connectivity index (χ1n) is 11.9. The van der Waals surface area contributed by atoms with E-state index in [1.165, 1.54) is 5.56 Å². The van der Waals surface area contributed by atoms with Gasteiger partial charge in [0.25, 0.3) is 5.91 Å². The van der Waals surface area contributed by atoms with Crippen LogP contribution in [0.2, 0.25) is 0 Å². The van der Waals surface area contributed by atoms with E-state index in [1.807, 2.05) is 65.6 Å². The Morgan fingerprint density at radius 2 is 1.74 bits per heavy atom. The largest absolute Gasteiger partial charge is 0.497 e. The van der Waals surface area contributed by atoms with E-state index in [4.69, 9.17) is 4.74 Å². The van der Waals surface area contributed by atoms with Crippen LogP contribution in [0.25, 0.3) is 0 Å². The molecule has 1 saturated carbocycles. The first-order valence-corrected chi connectivity index (χ1v) is 11.9. The zero-order valence-corrected chi connectivity index (χ0v) is 19.8. The van der Waals surface area contributed by atoms with E-state index < -0.39 is 12.0 Å². The SMILES string of the molecule is COc1cccc(C2C(C(=O)Nc3ccc(C(C)C)cc3)c3ccccc3C(=O)N2C2CC2)c1. The number of carbonyl (C=O) groups excluding carboxylic acids is 2. The highest BCUT2D eigenvalue weighted by Gasteiger charge is 2.49. The third-order valence-electron chi connectivity index (χ3n) is 6.88. The minimum Gasteiger partial charge on any atom is -0.497 e. The molecule has 0 aromatic heterocycles. The third-order valence-corrected chi connectivity index (χ3v) is 6.88. The Balaban J connectivity index is 1.59. The van der Waals surface area contributed by atoms with Gasteiger partial charge in [0.1, 0.15) is 5.75 Å². The van der Waals surface area contributed by atoms with Gasteiger partial charge in [-0.3, -0.25) is 9.59 Å². The van der Waals surface area contributed by atoms with Gasteiger partial charge in [0, 0.05) is 17.3 Å². The smallest absolute Gasteiger partial charge is 0.254 e. The first kappa shape index (κ1) is 22.2. The highest BCUT2D eigenvalue weighted by molar-refractivity contribution is 6.04. The lowest BCUT2D eigenvalue weighted by Gasteiger charge is -2.42. The van der Waals surface area contributed by atoms with Gasteiger partial charge in [-0.2, -0.15) is 0 Å². The maximum atomic E-state index is 13.9. The lowest BCUT2D eigenvalue weighted by Crippen LogP contribution is -2.47. The molecular weight excluding hydrogens is 424 g/mol. The maximum Gasteiger partial charge on any atom is 0.254 e. The molecule has 174 valence electrons. The van der Waals surface area contributed by atoms with Gasteiger partial charge in [0.15, 0.2) is 0 Å². The second kappa shape index (κ2) is 8.98. The summed E-state index contributed by atoms with van der Waals surface area (Å²) in [4.78, 5) is 29.5. The molecule has 1 fully saturated rings. The number of carbonyl (C=O) groups is 2. The van der Waals surface area contributed by atoms with Crippen molar-refractivity contribution in [3.63, 3.8) is 0 Å². The van der Waals surface area contributed by atoms with Crippen molar-refractivity contribution in [3.8, 4) is 5.75 Å². The lowest BCUT2D eigenvalue weighted by atomic mass is 9.79. The molecule has 2 unspecified atom stereocenters. The van der Waals surface area contributed by atoms with Crippen LogP contribution in [0.15, 0.2) is 72.8 Å². The molecule has 1 aliphatic carbocycles. The molecule has 3 aromatic carbocycles. The van der Waals surface area contributed by atoms with Crippen LogP contribution in [0.5, 0.6) is 5.75 Å². The number of hydrogen-bond acceptors (Lipinski definition) is 3. The van der Waals surface area contributed by atoms with Gasteiger partial charge in [0.2, 0.25) is 5.91 Å². The van der Waals surface area contributed by atoms with Crippen LogP contribution in [0.3, 0.4) is 0 Å². The summed E-state index contributed by atoms with van der Waals surface area (Å²) in [6.07, 6.45) is 1.92. The van der Waals surface area contributed by atoms with Crippen LogP contribution >= 0.6 is 0 Å². The van der Waals surface area contributed by atoms with Gasteiger partial charge in [-0.05, 0) is 65.8 Å². The number of methoxy groups -OCH3 is 1. The van der Waals surface area contributed by atoms with E-state index in [9.17, 15) is 9.59 Å². The molecule has 1 aliphatic heterocycles. The Morgan fingerprint density at radius 1 is 1.00 bits per heavy atom. The summed E-state index contributed by atoms with van der Waals surface area (Å²) in [5.41, 5.74) is 4.27. The quantitative estimate of drug-likeness (QED) is 0.504. The Kier molecular flexibility index (Phi) is 5.86. The average molecular weight is 455 g/mol. The van der Waals surface area contributed by atoms with Crippen LogP contribution in [0.4, 0.5) is 5.69 Å². The summed E-state index contributed by atoms with van der Waals surface area (Å²) in [6, 6.07) is 23.0. The van der Waals surface area contributed by atoms with Crippen molar-refractivity contribution in [1.29, 1.82) is 0 Å². The molecule has 5 rings (SSSR count). The summed E-state index contributed by atoms with van der Waals surface area (Å²) in [5.74, 6) is 0.479. The molecule has 34 heavy (non-hydrogen) atoms. The number of fused-ring (bicyclic) bond motifs is 1. The Hall–Kier alpha value is -3.60. The molecular formula is C29H30N2O3. The van der Waals surface area contributed by atoms with E-state index in [0.717, 1.165) is 29.7 Å². The van der Waals surface area contributed by atoms with E-state index in [0.29, 0.717) is 17.2 Å². The summed E-state index contributed by atoms with van der Waals surface area (Å²) in [5, 5.41) is 3.13. The normalized spacial score (nSPS) is 19.6. The maximum absolute atomic E-state index is 13.9. The summed E-state index contributed by atoms with van der Waals surface area (Å²) >= 11 is 0. The van der Waals surface area contributed by atoms with Gasteiger partial charge in [-0.25, -0.2) is 0 Å². The van der Waals surface area contributed by atoms with Crippen LogP contribution in [0.1, 0.15) is 71.6 Å². The van der Waals surface area contributed by atoms with E-state index in [2.05, 4.69) is 31.3 Å². The van der Waals surface area contributed by atoms with Gasteiger partial charge in [-0.1, -0.05) is 56.3 Å². The molecule has 1 heterocycles. The number of benzene rings is 3. The van der Waals surface area contributed by atoms with E-state index in [1.54, 1.807) is 7.11 Å². The third kappa shape index (κ3) is 4.07. The number of hydrogen-bond donors (Lipinski definition) is 1. The summed E-state index contributed by atoms with van der Waals surface area (Å²) < 4.78 is 5.47. The van der Waals surface area contributed by atoms with Crippen molar-refractivity contribution in [3.05, 3.63) is 95.1 Å². The highest BCUT2D eigenvalue weighted by atomic mass is 16.5. The van der Waals surface area contributed by atoms with Crippen LogP contribution in [0, 0.1) is 0 Å². The lowest BCUT2D eigenvalue weighted by molar-refractivity contribution is -0.119. The first-order chi connectivity index (χ1) is 16.5. The number of rotatable bonds is 6.